The first-order chi connectivity index (χ1) is 15.9. The molecule has 4 aromatic rings. The molecule has 7 heteroatoms. The molecule has 0 radical (unpaired) electrons. The highest BCUT2D eigenvalue weighted by molar-refractivity contribution is 9.10. The van der Waals surface area contributed by atoms with Gasteiger partial charge in [0.1, 0.15) is 18.1 Å². The fourth-order valence-electron chi connectivity index (χ4n) is 3.17. The molecule has 0 heterocycles. The van der Waals surface area contributed by atoms with Crippen molar-refractivity contribution in [2.45, 2.75) is 23.0 Å². The Hall–Kier alpha value is -2.61. The van der Waals surface area contributed by atoms with Gasteiger partial charge in [0.15, 0.2) is 11.5 Å². The number of benzene rings is 4. The largest absolute Gasteiger partial charge is 0.485 e. The van der Waals surface area contributed by atoms with Gasteiger partial charge in [0.05, 0.1) is 4.90 Å². The fraction of sp³-hybridized carbons (Fsp3) is 0.0769. The van der Waals surface area contributed by atoms with Crippen LogP contribution in [0, 0.1) is 0 Å². The van der Waals surface area contributed by atoms with Crippen molar-refractivity contribution in [1.29, 1.82) is 0 Å². The first-order valence-electron chi connectivity index (χ1n) is 10.1. The van der Waals surface area contributed by atoms with E-state index < -0.39 is 9.84 Å². The third-order valence-corrected chi connectivity index (χ3v) is 7.74. The highest BCUT2D eigenvalue weighted by Gasteiger charge is 2.25. The van der Waals surface area contributed by atoms with Gasteiger partial charge in [-0.2, -0.15) is 0 Å². The van der Waals surface area contributed by atoms with Crippen molar-refractivity contribution >= 4 is 41.7 Å². The Morgan fingerprint density at radius 2 is 1.15 bits per heavy atom. The monoisotopic (exact) mass is 586 g/mol. The molecule has 4 rings (SSSR count). The van der Waals surface area contributed by atoms with E-state index in [-0.39, 0.29) is 28.8 Å². The van der Waals surface area contributed by atoms with Crippen LogP contribution in [0.1, 0.15) is 11.1 Å². The quantitative estimate of drug-likeness (QED) is 0.219. The molecule has 0 aliphatic heterocycles. The smallest absolute Gasteiger partial charge is 0.210 e. The van der Waals surface area contributed by atoms with Crippen molar-refractivity contribution in [1.82, 2.24) is 0 Å². The molecule has 4 aromatic carbocycles. The molecule has 0 N–H and O–H groups in total. The summed E-state index contributed by atoms with van der Waals surface area (Å²) >= 11 is 6.84. The van der Waals surface area contributed by atoms with Gasteiger partial charge in [0, 0.05) is 8.95 Å². The average Bonchev–Trinajstić information content (AvgIpc) is 2.84. The van der Waals surface area contributed by atoms with Gasteiger partial charge in [-0.15, -0.1) is 0 Å². The highest BCUT2D eigenvalue weighted by Crippen LogP contribution is 2.38. The number of rotatable bonds is 8. The van der Waals surface area contributed by atoms with Crippen LogP contribution in [0.2, 0.25) is 0 Å². The zero-order valence-corrected chi connectivity index (χ0v) is 21.4. The van der Waals surface area contributed by atoms with E-state index in [4.69, 9.17) is 9.47 Å². The summed E-state index contributed by atoms with van der Waals surface area (Å²) in [5, 5.41) is 0. The topological polar surface area (TPSA) is 52.6 Å². The lowest BCUT2D eigenvalue weighted by Gasteiger charge is -2.17. The van der Waals surface area contributed by atoms with E-state index >= 15 is 0 Å². The Kier molecular flexibility index (Phi) is 7.53. The van der Waals surface area contributed by atoms with Gasteiger partial charge in [-0.1, -0.05) is 80.4 Å². The summed E-state index contributed by atoms with van der Waals surface area (Å²) in [6.45, 7) is 0.472. The second-order valence-corrected chi connectivity index (χ2v) is 11.0. The standard InChI is InChI=1S/C26H20Br2O4S/c27-21-13-9-19(10-14-21)17-31-24-7-4-8-25(33(29,30)23-5-2-1-3-6-23)26(24)32-18-20-11-15-22(28)16-12-20/h1-16H,17-18H2. The zero-order valence-electron chi connectivity index (χ0n) is 17.4. The maximum absolute atomic E-state index is 13.4. The predicted octanol–water partition coefficient (Wildman–Crippen LogP) is 7.20. The Bertz CT molecular complexity index is 1320. The Balaban J connectivity index is 1.69. The van der Waals surface area contributed by atoms with Crippen molar-refractivity contribution in [3.8, 4) is 11.5 Å². The maximum atomic E-state index is 13.4. The molecule has 0 saturated heterocycles. The number of hydrogen-bond acceptors (Lipinski definition) is 4. The van der Waals surface area contributed by atoms with Crippen LogP contribution in [0.25, 0.3) is 0 Å². The third-order valence-electron chi connectivity index (χ3n) is 4.89. The Labute approximate surface area is 210 Å². The minimum absolute atomic E-state index is 0.0686. The molecule has 33 heavy (non-hydrogen) atoms. The SMILES string of the molecule is O=S(=O)(c1ccccc1)c1cccc(OCc2ccc(Br)cc2)c1OCc1ccc(Br)cc1. The molecule has 0 spiro atoms. The van der Waals surface area contributed by atoms with Crippen LogP contribution in [-0.2, 0) is 23.1 Å². The summed E-state index contributed by atoms with van der Waals surface area (Å²) in [6.07, 6.45) is 0. The summed E-state index contributed by atoms with van der Waals surface area (Å²) < 4.78 is 40.9. The third kappa shape index (κ3) is 5.85. The van der Waals surface area contributed by atoms with Gasteiger partial charge in [-0.05, 0) is 59.7 Å². The van der Waals surface area contributed by atoms with E-state index in [0.717, 1.165) is 20.1 Å². The molecule has 0 saturated carbocycles. The van der Waals surface area contributed by atoms with Crippen LogP contribution >= 0.6 is 31.9 Å². The van der Waals surface area contributed by atoms with Crippen molar-refractivity contribution in [3.05, 3.63) is 117 Å². The van der Waals surface area contributed by atoms with E-state index in [2.05, 4.69) is 31.9 Å². The molecule has 0 unspecified atom stereocenters. The first-order valence-corrected chi connectivity index (χ1v) is 13.2. The summed E-state index contributed by atoms with van der Waals surface area (Å²) in [6, 6.07) is 28.7. The molecule has 0 amide bonds. The van der Waals surface area contributed by atoms with Crippen LogP contribution in [0.3, 0.4) is 0 Å². The van der Waals surface area contributed by atoms with E-state index in [1.165, 1.54) is 0 Å². The van der Waals surface area contributed by atoms with E-state index in [1.54, 1.807) is 48.5 Å². The predicted molar refractivity (Wildman–Crippen MR) is 135 cm³/mol. The molecule has 0 atom stereocenters. The molecule has 4 nitrogen and oxygen atoms in total. The van der Waals surface area contributed by atoms with Gasteiger partial charge < -0.3 is 9.47 Å². The lowest BCUT2D eigenvalue weighted by Crippen LogP contribution is -2.08. The van der Waals surface area contributed by atoms with Gasteiger partial charge in [-0.3, -0.25) is 0 Å². The number of halogens is 2. The van der Waals surface area contributed by atoms with Gasteiger partial charge in [0.2, 0.25) is 9.84 Å². The van der Waals surface area contributed by atoms with Crippen LogP contribution in [0.15, 0.2) is 116 Å². The molecule has 0 fully saturated rings. The van der Waals surface area contributed by atoms with Crippen LogP contribution in [0.4, 0.5) is 0 Å². The number of ether oxygens (including phenoxy) is 2. The number of hydrogen-bond donors (Lipinski definition) is 0. The Morgan fingerprint density at radius 3 is 1.73 bits per heavy atom. The van der Waals surface area contributed by atoms with Crippen molar-refractivity contribution in [2.75, 3.05) is 0 Å². The minimum atomic E-state index is -3.81. The van der Waals surface area contributed by atoms with E-state index in [9.17, 15) is 8.42 Å². The van der Waals surface area contributed by atoms with Gasteiger partial charge in [-0.25, -0.2) is 8.42 Å². The molecule has 0 aliphatic rings. The fourth-order valence-corrected chi connectivity index (χ4v) is 5.13. The molecular formula is C26H20Br2O4S. The zero-order chi connectivity index (χ0) is 23.3. The second-order valence-electron chi connectivity index (χ2n) is 7.23. The van der Waals surface area contributed by atoms with E-state index in [1.807, 2.05) is 48.5 Å². The highest BCUT2D eigenvalue weighted by atomic mass is 79.9. The molecule has 0 bridgehead atoms. The summed E-state index contributed by atoms with van der Waals surface area (Å²) in [5.74, 6) is 0.563. The van der Waals surface area contributed by atoms with Crippen molar-refractivity contribution in [3.63, 3.8) is 0 Å². The number of para-hydroxylation sites is 1. The summed E-state index contributed by atoms with van der Waals surface area (Å²) in [7, 11) is -3.81. The van der Waals surface area contributed by atoms with Crippen LogP contribution in [0.5, 0.6) is 11.5 Å². The maximum Gasteiger partial charge on any atom is 0.210 e. The summed E-state index contributed by atoms with van der Waals surface area (Å²) in [4.78, 5) is 0.266. The lowest BCUT2D eigenvalue weighted by atomic mass is 10.2. The van der Waals surface area contributed by atoms with Crippen LogP contribution < -0.4 is 9.47 Å². The molecule has 0 aromatic heterocycles. The van der Waals surface area contributed by atoms with Crippen molar-refractivity contribution < 1.29 is 17.9 Å². The lowest BCUT2D eigenvalue weighted by molar-refractivity contribution is 0.250. The Morgan fingerprint density at radius 1 is 0.606 bits per heavy atom. The van der Waals surface area contributed by atoms with Gasteiger partial charge >= 0.3 is 0 Å². The van der Waals surface area contributed by atoms with E-state index in [0.29, 0.717) is 5.75 Å². The molecule has 0 aliphatic carbocycles. The van der Waals surface area contributed by atoms with Gasteiger partial charge in [0.25, 0.3) is 0 Å². The summed E-state index contributed by atoms with van der Waals surface area (Å²) in [5.41, 5.74) is 1.86. The van der Waals surface area contributed by atoms with Crippen LogP contribution in [-0.4, -0.2) is 8.42 Å². The van der Waals surface area contributed by atoms with Crippen molar-refractivity contribution in [2.24, 2.45) is 0 Å². The second kappa shape index (κ2) is 10.5. The first kappa shape index (κ1) is 23.5. The number of sulfone groups is 1. The normalized spacial score (nSPS) is 11.2. The minimum Gasteiger partial charge on any atom is -0.485 e. The molecule has 168 valence electrons. The average molecular weight is 588 g/mol. The molecular weight excluding hydrogens is 568 g/mol.